The number of amides is 2. The number of carbonyl (C=O) groups excluding carboxylic acids is 2. The first kappa shape index (κ1) is 20.4. The van der Waals surface area contributed by atoms with Crippen LogP contribution < -0.4 is 15.4 Å². The smallest absolute Gasteiger partial charge is 0.256 e. The number of benzene rings is 1. The van der Waals surface area contributed by atoms with Crippen LogP contribution in [0.25, 0.3) is 0 Å². The number of ether oxygens (including phenoxy) is 1. The zero-order valence-electron chi connectivity index (χ0n) is 16.6. The molecule has 0 spiro atoms. The highest BCUT2D eigenvalue weighted by atomic mass is 32.1. The van der Waals surface area contributed by atoms with Gasteiger partial charge in [0.1, 0.15) is 10.8 Å². The van der Waals surface area contributed by atoms with E-state index in [1.807, 2.05) is 12.1 Å². The molecule has 1 aromatic carbocycles. The van der Waals surface area contributed by atoms with Gasteiger partial charge in [-0.1, -0.05) is 25.8 Å². The van der Waals surface area contributed by atoms with Gasteiger partial charge in [0.25, 0.3) is 11.8 Å². The van der Waals surface area contributed by atoms with Crippen molar-refractivity contribution in [3.63, 3.8) is 0 Å². The second-order valence-corrected chi connectivity index (χ2v) is 8.14. The maximum atomic E-state index is 12.8. The van der Waals surface area contributed by atoms with Gasteiger partial charge < -0.3 is 15.4 Å². The molecule has 2 aromatic rings. The fraction of sp³-hybridized carbons (Fsp3) is 0.455. The van der Waals surface area contributed by atoms with E-state index in [0.29, 0.717) is 28.5 Å². The van der Waals surface area contributed by atoms with Crippen LogP contribution in [0, 0.1) is 0 Å². The second kappa shape index (κ2) is 9.73. The van der Waals surface area contributed by atoms with Crippen LogP contribution in [0.5, 0.6) is 5.75 Å². The summed E-state index contributed by atoms with van der Waals surface area (Å²) in [6, 6.07) is 7.19. The number of hydrogen-bond acceptors (Lipinski definition) is 4. The van der Waals surface area contributed by atoms with Gasteiger partial charge in [-0.15, -0.1) is 11.3 Å². The summed E-state index contributed by atoms with van der Waals surface area (Å²) in [5.41, 5.74) is 2.27. The lowest BCUT2D eigenvalue weighted by Gasteiger charge is -2.10. The summed E-state index contributed by atoms with van der Waals surface area (Å²) in [4.78, 5) is 26.6. The summed E-state index contributed by atoms with van der Waals surface area (Å²) in [5.74, 6) is 0.337. The molecule has 1 heterocycles. The molecule has 0 atom stereocenters. The molecule has 1 aliphatic rings. The molecule has 1 aromatic heterocycles. The van der Waals surface area contributed by atoms with Gasteiger partial charge >= 0.3 is 0 Å². The normalized spacial score (nSPS) is 13.4. The van der Waals surface area contributed by atoms with Crippen LogP contribution in [0.3, 0.4) is 0 Å². The van der Waals surface area contributed by atoms with E-state index in [2.05, 4.69) is 17.6 Å². The van der Waals surface area contributed by atoms with Gasteiger partial charge in [-0.25, -0.2) is 0 Å². The van der Waals surface area contributed by atoms with Crippen molar-refractivity contribution in [1.29, 1.82) is 0 Å². The van der Waals surface area contributed by atoms with E-state index in [4.69, 9.17) is 4.74 Å². The Kier molecular flexibility index (Phi) is 7.09. The molecule has 0 bridgehead atoms. The second-order valence-electron chi connectivity index (χ2n) is 7.03. The maximum Gasteiger partial charge on any atom is 0.256 e. The van der Waals surface area contributed by atoms with E-state index in [-0.39, 0.29) is 11.8 Å². The Bertz CT molecular complexity index is 844. The third-order valence-corrected chi connectivity index (χ3v) is 6.17. The lowest BCUT2D eigenvalue weighted by Crippen LogP contribution is -2.21. The van der Waals surface area contributed by atoms with Crippen molar-refractivity contribution in [3.8, 4) is 5.75 Å². The fourth-order valence-corrected chi connectivity index (χ4v) is 4.71. The molecule has 1 aliphatic carbocycles. The monoisotopic (exact) mass is 400 g/mol. The number of thiophene rings is 1. The highest BCUT2D eigenvalue weighted by Gasteiger charge is 2.25. The highest BCUT2D eigenvalue weighted by Crippen LogP contribution is 2.37. The first-order chi connectivity index (χ1) is 13.6. The van der Waals surface area contributed by atoms with Gasteiger partial charge in [-0.2, -0.15) is 0 Å². The Labute approximate surface area is 170 Å². The fourth-order valence-electron chi connectivity index (χ4n) is 3.43. The van der Waals surface area contributed by atoms with Crippen molar-refractivity contribution in [2.24, 2.45) is 0 Å². The molecule has 2 N–H and O–H groups in total. The van der Waals surface area contributed by atoms with Crippen LogP contribution in [0.2, 0.25) is 0 Å². The average Bonchev–Trinajstić information content (AvgIpc) is 2.88. The number of anilines is 1. The Morgan fingerprint density at radius 2 is 1.96 bits per heavy atom. The maximum absolute atomic E-state index is 12.8. The van der Waals surface area contributed by atoms with Crippen molar-refractivity contribution in [3.05, 3.63) is 45.8 Å². The molecule has 0 unspecified atom stereocenters. The molecular weight excluding hydrogens is 372 g/mol. The van der Waals surface area contributed by atoms with Crippen LogP contribution >= 0.6 is 11.3 Å². The molecule has 0 radical (unpaired) electrons. The molecule has 0 aliphatic heterocycles. The zero-order chi connectivity index (χ0) is 19.9. The number of fused-ring (bicyclic) bond motifs is 1. The lowest BCUT2D eigenvalue weighted by molar-refractivity contribution is 0.0963. The SMILES string of the molecule is CCCCOc1cccc(C(=O)Nc2sc3c(c2C(=O)NC)CCCCC3)c1. The van der Waals surface area contributed by atoms with Gasteiger partial charge in [0.2, 0.25) is 0 Å². The van der Waals surface area contributed by atoms with E-state index in [1.165, 1.54) is 22.6 Å². The Hall–Kier alpha value is -2.34. The van der Waals surface area contributed by atoms with E-state index in [1.54, 1.807) is 19.2 Å². The van der Waals surface area contributed by atoms with Crippen LogP contribution in [0.15, 0.2) is 24.3 Å². The molecule has 0 fully saturated rings. The summed E-state index contributed by atoms with van der Waals surface area (Å²) in [6.07, 6.45) is 7.30. The predicted molar refractivity (Wildman–Crippen MR) is 114 cm³/mol. The minimum absolute atomic E-state index is 0.133. The number of nitrogens with one attached hydrogen (secondary N) is 2. The first-order valence-corrected chi connectivity index (χ1v) is 10.9. The van der Waals surface area contributed by atoms with Crippen LogP contribution in [-0.4, -0.2) is 25.5 Å². The molecule has 0 saturated heterocycles. The quantitative estimate of drug-likeness (QED) is 0.518. The minimum atomic E-state index is -0.220. The molecule has 6 heteroatoms. The minimum Gasteiger partial charge on any atom is -0.494 e. The summed E-state index contributed by atoms with van der Waals surface area (Å²) in [6.45, 7) is 2.75. The van der Waals surface area contributed by atoms with Crippen LogP contribution in [0.1, 0.15) is 70.2 Å². The zero-order valence-corrected chi connectivity index (χ0v) is 17.4. The Morgan fingerprint density at radius 1 is 1.14 bits per heavy atom. The molecule has 0 saturated carbocycles. The summed E-state index contributed by atoms with van der Waals surface area (Å²) in [7, 11) is 1.63. The van der Waals surface area contributed by atoms with E-state index in [9.17, 15) is 9.59 Å². The molecule has 2 amide bonds. The van der Waals surface area contributed by atoms with Crippen molar-refractivity contribution in [2.75, 3.05) is 19.0 Å². The van der Waals surface area contributed by atoms with Crippen molar-refractivity contribution < 1.29 is 14.3 Å². The van der Waals surface area contributed by atoms with Gasteiger partial charge in [0, 0.05) is 17.5 Å². The number of aryl methyl sites for hydroxylation is 1. The molecule has 28 heavy (non-hydrogen) atoms. The van der Waals surface area contributed by atoms with E-state index >= 15 is 0 Å². The summed E-state index contributed by atoms with van der Waals surface area (Å²) >= 11 is 1.54. The Morgan fingerprint density at radius 3 is 2.75 bits per heavy atom. The summed E-state index contributed by atoms with van der Waals surface area (Å²) < 4.78 is 5.71. The number of rotatable bonds is 7. The predicted octanol–water partition coefficient (Wildman–Crippen LogP) is 4.81. The number of hydrogen-bond donors (Lipinski definition) is 2. The number of carbonyl (C=O) groups is 2. The third kappa shape index (κ3) is 4.73. The average molecular weight is 401 g/mol. The van der Waals surface area contributed by atoms with Crippen LogP contribution in [0.4, 0.5) is 5.00 Å². The largest absolute Gasteiger partial charge is 0.494 e. The van der Waals surface area contributed by atoms with Crippen LogP contribution in [-0.2, 0) is 12.8 Å². The lowest BCUT2D eigenvalue weighted by atomic mass is 10.0. The molecular formula is C22H28N2O3S. The van der Waals surface area contributed by atoms with Gasteiger partial charge in [-0.05, 0) is 55.9 Å². The van der Waals surface area contributed by atoms with Gasteiger partial charge in [-0.3, -0.25) is 9.59 Å². The van der Waals surface area contributed by atoms with Crippen molar-refractivity contribution >= 4 is 28.2 Å². The first-order valence-electron chi connectivity index (χ1n) is 10.0. The molecule has 150 valence electrons. The summed E-state index contributed by atoms with van der Waals surface area (Å²) in [5, 5.41) is 6.35. The molecule has 3 rings (SSSR count). The standard InChI is InChI=1S/C22H28N2O3S/c1-3-4-13-27-16-10-8-9-15(14-16)20(25)24-22-19(21(26)23-2)17-11-6-5-7-12-18(17)28-22/h8-10,14H,3-7,11-13H2,1-2H3,(H,23,26)(H,24,25). The van der Waals surface area contributed by atoms with E-state index in [0.717, 1.165) is 44.1 Å². The molecule has 5 nitrogen and oxygen atoms in total. The van der Waals surface area contributed by atoms with Gasteiger partial charge in [0.15, 0.2) is 0 Å². The third-order valence-electron chi connectivity index (χ3n) is 4.97. The Balaban J connectivity index is 1.82. The topological polar surface area (TPSA) is 67.4 Å². The highest BCUT2D eigenvalue weighted by molar-refractivity contribution is 7.17. The van der Waals surface area contributed by atoms with Crippen molar-refractivity contribution in [2.45, 2.75) is 51.9 Å². The van der Waals surface area contributed by atoms with E-state index < -0.39 is 0 Å². The van der Waals surface area contributed by atoms with Gasteiger partial charge in [0.05, 0.1) is 12.2 Å². The number of unbranched alkanes of at least 4 members (excludes halogenated alkanes) is 1. The van der Waals surface area contributed by atoms with Crippen molar-refractivity contribution in [1.82, 2.24) is 5.32 Å².